The van der Waals surface area contributed by atoms with E-state index < -0.39 is 17.6 Å². The fourth-order valence-electron chi connectivity index (χ4n) is 4.33. The molecule has 1 aromatic carbocycles. The zero-order valence-electron chi connectivity index (χ0n) is 14.9. The van der Waals surface area contributed by atoms with E-state index in [0.29, 0.717) is 43.4 Å². The zero-order valence-corrected chi connectivity index (χ0v) is 14.9. The first-order chi connectivity index (χ1) is 12.2. The summed E-state index contributed by atoms with van der Waals surface area (Å²) in [6.07, 6.45) is -1.54. The van der Waals surface area contributed by atoms with Gasteiger partial charge in [0.1, 0.15) is 5.75 Å². The van der Waals surface area contributed by atoms with Gasteiger partial charge in [-0.05, 0) is 68.7 Å². The van der Waals surface area contributed by atoms with Gasteiger partial charge < -0.3 is 9.64 Å². The number of amides is 1. The lowest BCUT2D eigenvalue weighted by atomic mass is 9.71. The Morgan fingerprint density at radius 3 is 2.50 bits per heavy atom. The highest BCUT2D eigenvalue weighted by atomic mass is 19.4. The molecule has 1 saturated heterocycles. The van der Waals surface area contributed by atoms with Gasteiger partial charge in [0.2, 0.25) is 0 Å². The fourth-order valence-corrected chi connectivity index (χ4v) is 4.33. The maximum Gasteiger partial charge on any atom is 0.471 e. The molecule has 1 unspecified atom stereocenters. The molecule has 1 atom stereocenters. The molecule has 7 heteroatoms. The van der Waals surface area contributed by atoms with Crippen molar-refractivity contribution in [3.8, 4) is 5.75 Å². The normalized spacial score (nSPS) is 22.9. The third-order valence-electron chi connectivity index (χ3n) is 5.61. The summed E-state index contributed by atoms with van der Waals surface area (Å²) in [7, 11) is 1.49. The zero-order chi connectivity index (χ0) is 19.1. The van der Waals surface area contributed by atoms with Crippen LogP contribution in [0.1, 0.15) is 54.1 Å². The van der Waals surface area contributed by atoms with Crippen molar-refractivity contribution in [1.29, 1.82) is 0 Å². The molecule has 1 amide bonds. The highest BCUT2D eigenvalue weighted by Crippen LogP contribution is 2.43. The van der Waals surface area contributed by atoms with Crippen molar-refractivity contribution in [3.63, 3.8) is 0 Å². The summed E-state index contributed by atoms with van der Waals surface area (Å²) in [5, 5.41) is 0. The number of piperidine rings is 1. The lowest BCUT2D eigenvalue weighted by Crippen LogP contribution is -2.60. The Labute approximate surface area is 150 Å². The fraction of sp³-hybridized carbons (Fsp3) is 0.579. The minimum absolute atomic E-state index is 0.128. The highest BCUT2D eigenvalue weighted by molar-refractivity contribution is 5.97. The van der Waals surface area contributed by atoms with Crippen LogP contribution in [0.5, 0.6) is 5.75 Å². The minimum atomic E-state index is -4.87. The van der Waals surface area contributed by atoms with E-state index in [1.165, 1.54) is 14.0 Å². The van der Waals surface area contributed by atoms with Crippen molar-refractivity contribution in [3.05, 3.63) is 28.8 Å². The number of likely N-dealkylation sites (tertiary alicyclic amines) is 1. The monoisotopic (exact) mass is 369 g/mol. The number of alkyl halides is 3. The van der Waals surface area contributed by atoms with Gasteiger partial charge >= 0.3 is 12.1 Å². The van der Waals surface area contributed by atoms with Crippen LogP contribution in [0.4, 0.5) is 13.2 Å². The number of hydrogen-bond acceptors (Lipinski definition) is 3. The van der Waals surface area contributed by atoms with Crippen LogP contribution in [0.2, 0.25) is 0 Å². The van der Waals surface area contributed by atoms with Crippen molar-refractivity contribution in [2.24, 2.45) is 0 Å². The van der Waals surface area contributed by atoms with Crippen LogP contribution in [-0.2, 0) is 17.6 Å². The first kappa shape index (κ1) is 18.7. The van der Waals surface area contributed by atoms with Gasteiger partial charge in [0.15, 0.2) is 5.78 Å². The third kappa shape index (κ3) is 3.19. The maximum absolute atomic E-state index is 13.1. The number of ketones is 1. The molecule has 1 heterocycles. The number of Topliss-reactive ketones (excluding diaryl/α,β-unsaturated/α-hetero) is 1. The quantitative estimate of drug-likeness (QED) is 0.747. The number of halogens is 3. The Kier molecular flexibility index (Phi) is 4.75. The molecule has 1 spiro atoms. The van der Waals surface area contributed by atoms with E-state index in [1.54, 1.807) is 12.1 Å². The lowest BCUT2D eigenvalue weighted by molar-refractivity contribution is -0.194. The van der Waals surface area contributed by atoms with E-state index in [4.69, 9.17) is 4.74 Å². The molecule has 0 radical (unpaired) electrons. The predicted octanol–water partition coefficient (Wildman–Crippen LogP) is 3.70. The van der Waals surface area contributed by atoms with Gasteiger partial charge in [-0.3, -0.25) is 9.59 Å². The summed E-state index contributed by atoms with van der Waals surface area (Å²) >= 11 is 0. The summed E-state index contributed by atoms with van der Waals surface area (Å²) in [5.74, 6) is -1.42. The van der Waals surface area contributed by atoms with Crippen LogP contribution < -0.4 is 4.74 Å². The molecule has 0 saturated carbocycles. The Morgan fingerprint density at radius 1 is 1.15 bits per heavy atom. The van der Waals surface area contributed by atoms with Crippen molar-refractivity contribution in [1.82, 2.24) is 4.90 Å². The van der Waals surface area contributed by atoms with Gasteiger partial charge in [-0.15, -0.1) is 0 Å². The Morgan fingerprint density at radius 2 is 1.88 bits per heavy atom. The van der Waals surface area contributed by atoms with Gasteiger partial charge in [-0.1, -0.05) is 0 Å². The van der Waals surface area contributed by atoms with E-state index in [9.17, 15) is 22.8 Å². The predicted molar refractivity (Wildman–Crippen MR) is 89.4 cm³/mol. The summed E-state index contributed by atoms with van der Waals surface area (Å²) in [6.45, 7) is 1.56. The average Bonchev–Trinajstić information content (AvgIpc) is 2.59. The SMILES string of the molecule is COc1cc2c(cc1C(C)=O)CC1(CCCCN1C(=O)C(F)(F)F)CC2. The summed E-state index contributed by atoms with van der Waals surface area (Å²) in [5.41, 5.74) is 1.42. The second-order valence-electron chi connectivity index (χ2n) is 7.19. The molecule has 142 valence electrons. The van der Waals surface area contributed by atoms with Crippen molar-refractivity contribution in [2.75, 3.05) is 13.7 Å². The molecule has 0 bridgehead atoms. The maximum atomic E-state index is 13.1. The van der Waals surface area contributed by atoms with E-state index in [-0.39, 0.29) is 12.3 Å². The van der Waals surface area contributed by atoms with Crippen LogP contribution >= 0.6 is 0 Å². The molecular weight excluding hydrogens is 347 g/mol. The van der Waals surface area contributed by atoms with E-state index >= 15 is 0 Å². The molecule has 0 N–H and O–H groups in total. The number of benzene rings is 1. The number of hydrogen-bond donors (Lipinski definition) is 0. The molecule has 1 aromatic rings. The van der Waals surface area contributed by atoms with E-state index in [2.05, 4.69) is 0 Å². The third-order valence-corrected chi connectivity index (χ3v) is 5.61. The Balaban J connectivity index is 2.00. The number of fused-ring (bicyclic) bond motifs is 1. The molecule has 1 aliphatic carbocycles. The van der Waals surface area contributed by atoms with Crippen molar-refractivity contribution in [2.45, 2.75) is 57.2 Å². The van der Waals surface area contributed by atoms with E-state index in [1.807, 2.05) is 0 Å². The van der Waals surface area contributed by atoms with Crippen LogP contribution in [0.25, 0.3) is 0 Å². The Hall–Kier alpha value is -2.05. The van der Waals surface area contributed by atoms with Crippen LogP contribution in [0.3, 0.4) is 0 Å². The molecule has 0 aromatic heterocycles. The topological polar surface area (TPSA) is 46.6 Å². The molecule has 26 heavy (non-hydrogen) atoms. The number of methoxy groups -OCH3 is 1. The van der Waals surface area contributed by atoms with Crippen molar-refractivity contribution >= 4 is 11.7 Å². The van der Waals surface area contributed by atoms with Gasteiger partial charge in [0.05, 0.1) is 12.7 Å². The van der Waals surface area contributed by atoms with E-state index in [0.717, 1.165) is 22.4 Å². The van der Waals surface area contributed by atoms with Crippen molar-refractivity contribution < 1.29 is 27.5 Å². The van der Waals surface area contributed by atoms with Gasteiger partial charge in [-0.25, -0.2) is 0 Å². The highest BCUT2D eigenvalue weighted by Gasteiger charge is 2.51. The summed E-state index contributed by atoms with van der Waals surface area (Å²) in [4.78, 5) is 24.9. The lowest BCUT2D eigenvalue weighted by Gasteiger charge is -2.50. The smallest absolute Gasteiger partial charge is 0.471 e. The molecule has 1 fully saturated rings. The first-order valence-electron chi connectivity index (χ1n) is 8.77. The van der Waals surface area contributed by atoms with Crippen LogP contribution in [-0.4, -0.2) is 42.0 Å². The standard InChI is InChI=1S/C19H22F3NO3/c1-12(24)15-9-14-11-18(7-5-13(14)10-16(15)26-2)6-3-4-8-23(18)17(25)19(20,21)22/h9-10H,3-8,11H2,1-2H3. The Bertz CT molecular complexity index is 744. The number of aryl methyl sites for hydroxylation is 1. The first-order valence-corrected chi connectivity index (χ1v) is 8.77. The summed E-state index contributed by atoms with van der Waals surface area (Å²) < 4.78 is 44.5. The molecule has 2 aliphatic rings. The number of carbonyl (C=O) groups excluding carboxylic acids is 2. The molecule has 4 nitrogen and oxygen atoms in total. The number of carbonyl (C=O) groups is 2. The minimum Gasteiger partial charge on any atom is -0.496 e. The van der Waals surface area contributed by atoms with Gasteiger partial charge in [-0.2, -0.15) is 13.2 Å². The second kappa shape index (κ2) is 6.59. The van der Waals surface area contributed by atoms with Gasteiger partial charge in [0.25, 0.3) is 0 Å². The number of rotatable bonds is 2. The number of ether oxygens (including phenoxy) is 1. The average molecular weight is 369 g/mol. The second-order valence-corrected chi connectivity index (χ2v) is 7.19. The van der Waals surface area contributed by atoms with Crippen LogP contribution in [0.15, 0.2) is 12.1 Å². The molecule has 3 rings (SSSR count). The molecule has 1 aliphatic heterocycles. The largest absolute Gasteiger partial charge is 0.496 e. The summed E-state index contributed by atoms with van der Waals surface area (Å²) in [6, 6.07) is 3.53. The van der Waals surface area contributed by atoms with Crippen LogP contribution in [0, 0.1) is 0 Å². The number of nitrogens with zero attached hydrogens (tertiary/aromatic N) is 1. The van der Waals surface area contributed by atoms with Gasteiger partial charge in [0, 0.05) is 12.1 Å². The molecular formula is C19H22F3NO3.